The normalized spacial score (nSPS) is 16.9. The number of phenolic OH excluding ortho intramolecular Hbond substituents is 1. The Balaban J connectivity index is 1.47. The summed E-state index contributed by atoms with van der Waals surface area (Å²) in [6.07, 6.45) is 4.34. The van der Waals surface area contributed by atoms with Crippen LogP contribution in [0.3, 0.4) is 0 Å². The summed E-state index contributed by atoms with van der Waals surface area (Å²) in [5.74, 6) is -2.72. The van der Waals surface area contributed by atoms with Crippen LogP contribution in [-0.2, 0) is 38.4 Å². The number of aromatic amines is 1. The van der Waals surface area contributed by atoms with E-state index < -0.39 is 47.9 Å². The van der Waals surface area contributed by atoms with E-state index in [4.69, 9.17) is 5.73 Å². The summed E-state index contributed by atoms with van der Waals surface area (Å²) in [7, 11) is 0. The number of aromatic hydroxyl groups is 1. The van der Waals surface area contributed by atoms with Crippen LogP contribution in [0.25, 0.3) is 0 Å². The summed E-state index contributed by atoms with van der Waals surface area (Å²) in [6.45, 7) is 0.286. The number of hydrogen-bond acceptors (Lipinski definition) is 7. The molecule has 1 aliphatic rings. The van der Waals surface area contributed by atoms with Gasteiger partial charge in [-0.15, -0.1) is 0 Å². The molecule has 0 bridgehead atoms. The number of amides is 3. The Hall–Kier alpha value is -4.71. The molecule has 1 saturated heterocycles. The van der Waals surface area contributed by atoms with E-state index in [0.29, 0.717) is 24.1 Å². The molecule has 12 heteroatoms. The highest BCUT2D eigenvalue weighted by Gasteiger charge is 2.39. The van der Waals surface area contributed by atoms with Crippen molar-refractivity contribution in [1.82, 2.24) is 25.5 Å². The number of phenols is 1. The van der Waals surface area contributed by atoms with E-state index in [9.17, 15) is 29.4 Å². The molecule has 4 unspecified atom stereocenters. The number of nitrogens with one attached hydrogen (secondary N) is 3. The third-order valence-electron chi connectivity index (χ3n) is 7.06. The number of aliphatic carboxylic acids is 1. The predicted molar refractivity (Wildman–Crippen MR) is 148 cm³/mol. The number of carbonyl (C=O) groups excluding carboxylic acids is 3. The molecule has 0 aliphatic carbocycles. The third-order valence-corrected chi connectivity index (χ3v) is 7.06. The number of carbonyl (C=O) groups is 4. The molecule has 4 atom stereocenters. The van der Waals surface area contributed by atoms with E-state index in [-0.39, 0.29) is 31.6 Å². The molecule has 3 aromatic rings. The highest BCUT2D eigenvalue weighted by Crippen LogP contribution is 2.21. The minimum Gasteiger partial charge on any atom is -0.508 e. The van der Waals surface area contributed by atoms with Gasteiger partial charge in [0.05, 0.1) is 12.4 Å². The molecule has 1 aliphatic heterocycles. The lowest BCUT2D eigenvalue weighted by Crippen LogP contribution is -2.57. The second kappa shape index (κ2) is 13.6. The smallest absolute Gasteiger partial charge is 0.326 e. The van der Waals surface area contributed by atoms with Crippen LogP contribution in [0.15, 0.2) is 67.1 Å². The van der Waals surface area contributed by atoms with E-state index >= 15 is 0 Å². The van der Waals surface area contributed by atoms with Gasteiger partial charge in [-0.25, -0.2) is 9.78 Å². The molecule has 12 nitrogen and oxygen atoms in total. The second-order valence-electron chi connectivity index (χ2n) is 10.1. The average Bonchev–Trinajstić information content (AvgIpc) is 3.66. The minimum atomic E-state index is -1.23. The molecule has 0 radical (unpaired) electrons. The molecule has 4 rings (SSSR count). The van der Waals surface area contributed by atoms with Crippen molar-refractivity contribution in [3.8, 4) is 5.75 Å². The van der Waals surface area contributed by atoms with E-state index in [1.807, 2.05) is 30.3 Å². The maximum Gasteiger partial charge on any atom is 0.326 e. The van der Waals surface area contributed by atoms with Crippen LogP contribution in [0.4, 0.5) is 0 Å². The van der Waals surface area contributed by atoms with Gasteiger partial charge in [-0.3, -0.25) is 14.4 Å². The van der Waals surface area contributed by atoms with Crippen molar-refractivity contribution in [2.75, 3.05) is 6.54 Å². The van der Waals surface area contributed by atoms with E-state index in [1.54, 1.807) is 18.3 Å². The molecule has 41 heavy (non-hydrogen) atoms. The van der Waals surface area contributed by atoms with Crippen molar-refractivity contribution in [2.45, 2.75) is 56.3 Å². The molecular formula is C29H34N6O6. The van der Waals surface area contributed by atoms with Gasteiger partial charge in [0, 0.05) is 37.7 Å². The topological polar surface area (TPSA) is 191 Å². The van der Waals surface area contributed by atoms with Crippen molar-refractivity contribution in [3.63, 3.8) is 0 Å². The number of aromatic nitrogens is 2. The number of imidazole rings is 1. The number of rotatable bonds is 12. The van der Waals surface area contributed by atoms with Crippen LogP contribution in [0.2, 0.25) is 0 Å². The zero-order chi connectivity index (χ0) is 29.4. The van der Waals surface area contributed by atoms with Gasteiger partial charge in [0.25, 0.3) is 0 Å². The Morgan fingerprint density at radius 3 is 2.32 bits per heavy atom. The average molecular weight is 563 g/mol. The van der Waals surface area contributed by atoms with Crippen molar-refractivity contribution in [1.29, 1.82) is 0 Å². The largest absolute Gasteiger partial charge is 0.508 e. The molecule has 1 aromatic heterocycles. The van der Waals surface area contributed by atoms with Gasteiger partial charge in [-0.05, 0) is 36.1 Å². The van der Waals surface area contributed by atoms with Crippen LogP contribution < -0.4 is 16.4 Å². The molecule has 216 valence electrons. The molecule has 0 spiro atoms. The molecular weight excluding hydrogens is 528 g/mol. The number of hydrogen-bond donors (Lipinski definition) is 6. The van der Waals surface area contributed by atoms with E-state index in [0.717, 1.165) is 5.56 Å². The first-order chi connectivity index (χ1) is 19.7. The molecule has 2 heterocycles. The Morgan fingerprint density at radius 1 is 0.976 bits per heavy atom. The Labute approximate surface area is 237 Å². The van der Waals surface area contributed by atoms with Gasteiger partial charge in [0.1, 0.15) is 23.9 Å². The molecule has 1 fully saturated rings. The lowest BCUT2D eigenvalue weighted by molar-refractivity contribution is -0.144. The number of likely N-dealkylation sites (tertiary alicyclic amines) is 1. The summed E-state index contributed by atoms with van der Waals surface area (Å²) in [4.78, 5) is 60.3. The monoisotopic (exact) mass is 562 g/mol. The lowest BCUT2D eigenvalue weighted by Gasteiger charge is -2.30. The summed E-state index contributed by atoms with van der Waals surface area (Å²) in [5.41, 5.74) is 8.22. The Bertz CT molecular complexity index is 1330. The Kier molecular flexibility index (Phi) is 9.69. The summed E-state index contributed by atoms with van der Waals surface area (Å²) in [5, 5.41) is 24.6. The molecule has 7 N–H and O–H groups in total. The van der Waals surface area contributed by atoms with Gasteiger partial charge in [-0.1, -0.05) is 42.5 Å². The van der Waals surface area contributed by atoms with E-state index in [2.05, 4.69) is 20.6 Å². The van der Waals surface area contributed by atoms with Gasteiger partial charge < -0.3 is 36.5 Å². The maximum atomic E-state index is 13.8. The van der Waals surface area contributed by atoms with Crippen molar-refractivity contribution in [3.05, 3.63) is 83.9 Å². The van der Waals surface area contributed by atoms with Crippen LogP contribution >= 0.6 is 0 Å². The van der Waals surface area contributed by atoms with Crippen molar-refractivity contribution < 1.29 is 29.4 Å². The van der Waals surface area contributed by atoms with Crippen molar-refractivity contribution >= 4 is 23.7 Å². The standard InChI is InChI=1S/C29H34N6O6/c30-22(15-20-16-31-17-32-20)26(37)33-23(13-18-5-2-1-3-6-18)28(39)35-12-4-7-25(35)27(38)34-24(29(40)41)14-19-8-10-21(36)11-9-19/h1-3,5-6,8-11,16-17,22-25,36H,4,7,12-15,30H2,(H,31,32)(H,33,37)(H,34,38)(H,40,41). The zero-order valence-corrected chi connectivity index (χ0v) is 22.4. The van der Waals surface area contributed by atoms with Crippen LogP contribution in [-0.4, -0.2) is 79.5 Å². The number of benzene rings is 2. The first-order valence-corrected chi connectivity index (χ1v) is 13.4. The fourth-order valence-electron chi connectivity index (χ4n) is 4.89. The quantitative estimate of drug-likeness (QED) is 0.184. The summed E-state index contributed by atoms with van der Waals surface area (Å²) < 4.78 is 0. The van der Waals surface area contributed by atoms with Gasteiger partial charge in [-0.2, -0.15) is 0 Å². The van der Waals surface area contributed by atoms with Gasteiger partial charge in [0.15, 0.2) is 0 Å². The fraction of sp³-hybridized carbons (Fsp3) is 0.345. The minimum absolute atomic E-state index is 0.00291. The zero-order valence-electron chi connectivity index (χ0n) is 22.4. The van der Waals surface area contributed by atoms with Crippen molar-refractivity contribution in [2.24, 2.45) is 5.73 Å². The van der Waals surface area contributed by atoms with E-state index in [1.165, 1.54) is 23.4 Å². The van der Waals surface area contributed by atoms with Crippen LogP contribution in [0.5, 0.6) is 5.75 Å². The fourth-order valence-corrected chi connectivity index (χ4v) is 4.89. The first kappa shape index (κ1) is 29.3. The van der Waals surface area contributed by atoms with Gasteiger partial charge >= 0.3 is 5.97 Å². The molecule has 3 amide bonds. The first-order valence-electron chi connectivity index (χ1n) is 13.4. The van der Waals surface area contributed by atoms with Crippen LogP contribution in [0.1, 0.15) is 29.7 Å². The molecule has 0 saturated carbocycles. The predicted octanol–water partition coefficient (Wildman–Crippen LogP) is 0.516. The number of nitrogens with two attached hydrogens (primary N) is 1. The SMILES string of the molecule is NC(Cc1cnc[nH]1)C(=O)NC(Cc1ccccc1)C(=O)N1CCCC1C(=O)NC(Cc1ccc(O)cc1)C(=O)O. The number of nitrogens with zero attached hydrogens (tertiary/aromatic N) is 2. The van der Waals surface area contributed by atoms with Gasteiger partial charge in [0.2, 0.25) is 17.7 Å². The second-order valence-corrected chi connectivity index (χ2v) is 10.1. The molecule has 2 aromatic carbocycles. The lowest BCUT2D eigenvalue weighted by atomic mass is 10.0. The number of carboxylic acid groups (broad SMARTS) is 1. The highest BCUT2D eigenvalue weighted by molar-refractivity contribution is 5.94. The number of H-pyrrole nitrogens is 1. The Morgan fingerprint density at radius 2 is 1.66 bits per heavy atom. The van der Waals surface area contributed by atoms with Crippen LogP contribution in [0, 0.1) is 0 Å². The third kappa shape index (κ3) is 7.92. The number of carboxylic acids is 1. The summed E-state index contributed by atoms with van der Waals surface area (Å²) in [6, 6.07) is 11.2. The maximum absolute atomic E-state index is 13.8. The highest BCUT2D eigenvalue weighted by atomic mass is 16.4. The summed E-state index contributed by atoms with van der Waals surface area (Å²) >= 11 is 0.